The number of guanidine groups is 1. The molecule has 1 unspecified atom stereocenters. The molecule has 0 saturated carbocycles. The first-order valence-electron chi connectivity index (χ1n) is 6.33. The smallest absolute Gasteiger partial charge is 0.192 e. The van der Waals surface area contributed by atoms with Crippen molar-refractivity contribution < 1.29 is 0 Å². The summed E-state index contributed by atoms with van der Waals surface area (Å²) in [5.41, 5.74) is 8.40. The Hall–Kier alpha value is -2.30. The summed E-state index contributed by atoms with van der Waals surface area (Å²) < 4.78 is 1.81. The molecule has 0 fully saturated rings. The van der Waals surface area contributed by atoms with E-state index in [2.05, 4.69) is 27.1 Å². The monoisotopic (exact) mass is 255 g/mol. The molecule has 0 aliphatic carbocycles. The van der Waals surface area contributed by atoms with Gasteiger partial charge in [-0.25, -0.2) is 0 Å². The van der Waals surface area contributed by atoms with Gasteiger partial charge in [0.15, 0.2) is 5.96 Å². The van der Waals surface area contributed by atoms with Crippen LogP contribution >= 0.6 is 0 Å². The second-order valence-electron chi connectivity index (χ2n) is 4.78. The van der Waals surface area contributed by atoms with Gasteiger partial charge in [-0.15, -0.1) is 0 Å². The first-order chi connectivity index (χ1) is 9.24. The third kappa shape index (κ3) is 2.31. The van der Waals surface area contributed by atoms with E-state index in [0.29, 0.717) is 12.5 Å². The predicted molar refractivity (Wildman–Crippen MR) is 74.4 cm³/mol. The molecule has 2 aromatic rings. The molecule has 5 heteroatoms. The van der Waals surface area contributed by atoms with Crippen LogP contribution in [-0.2, 0) is 13.6 Å². The van der Waals surface area contributed by atoms with E-state index in [-0.39, 0.29) is 6.04 Å². The van der Waals surface area contributed by atoms with Gasteiger partial charge in [-0.3, -0.25) is 9.67 Å². The van der Waals surface area contributed by atoms with Crippen LogP contribution in [0, 0.1) is 0 Å². The van der Waals surface area contributed by atoms with Crippen LogP contribution in [0.4, 0.5) is 0 Å². The highest BCUT2D eigenvalue weighted by Crippen LogP contribution is 2.26. The Bertz CT molecular complexity index is 587. The highest BCUT2D eigenvalue weighted by molar-refractivity contribution is 5.80. The summed E-state index contributed by atoms with van der Waals surface area (Å²) in [5, 5.41) is 4.23. The number of aryl methyl sites for hydroxylation is 1. The van der Waals surface area contributed by atoms with Crippen LogP contribution in [0.2, 0.25) is 0 Å². The third-order valence-electron chi connectivity index (χ3n) is 3.40. The molecule has 2 N–H and O–H groups in total. The molecule has 0 saturated heterocycles. The molecule has 1 aromatic heterocycles. The Kier molecular flexibility index (Phi) is 2.95. The molecule has 1 atom stereocenters. The number of aromatic nitrogens is 2. The molecule has 19 heavy (non-hydrogen) atoms. The number of benzene rings is 1. The van der Waals surface area contributed by atoms with Gasteiger partial charge < -0.3 is 10.6 Å². The van der Waals surface area contributed by atoms with Crippen molar-refractivity contribution in [2.24, 2.45) is 17.8 Å². The van der Waals surface area contributed by atoms with E-state index in [1.54, 1.807) is 0 Å². The fraction of sp³-hybridized carbons (Fsp3) is 0.286. The minimum Gasteiger partial charge on any atom is -0.370 e. The summed E-state index contributed by atoms with van der Waals surface area (Å²) in [5.74, 6) is 0.609. The van der Waals surface area contributed by atoms with Crippen LogP contribution in [0.5, 0.6) is 0 Å². The number of aliphatic imine (C=N–C) groups is 1. The molecule has 5 nitrogen and oxygen atoms in total. The number of hydrogen-bond acceptors (Lipinski definition) is 4. The molecular weight excluding hydrogens is 238 g/mol. The molecule has 2 heterocycles. The van der Waals surface area contributed by atoms with Gasteiger partial charge in [0.05, 0.1) is 18.8 Å². The molecule has 3 rings (SSSR count). The van der Waals surface area contributed by atoms with E-state index in [4.69, 9.17) is 5.73 Å². The van der Waals surface area contributed by atoms with Crippen molar-refractivity contribution in [2.75, 3.05) is 6.54 Å². The summed E-state index contributed by atoms with van der Waals surface area (Å²) in [4.78, 5) is 6.50. The molecule has 1 aliphatic rings. The summed E-state index contributed by atoms with van der Waals surface area (Å²) in [7, 11) is 1.92. The van der Waals surface area contributed by atoms with Crippen molar-refractivity contribution in [1.29, 1.82) is 0 Å². The minimum absolute atomic E-state index is 0.189. The van der Waals surface area contributed by atoms with Crippen LogP contribution in [-0.4, -0.2) is 27.2 Å². The lowest BCUT2D eigenvalue weighted by molar-refractivity contribution is 0.340. The number of hydrogen-bond donors (Lipinski definition) is 1. The lowest BCUT2D eigenvalue weighted by Gasteiger charge is -2.25. The second kappa shape index (κ2) is 4.76. The molecule has 0 spiro atoms. The zero-order chi connectivity index (χ0) is 13.2. The van der Waals surface area contributed by atoms with Gasteiger partial charge in [0.1, 0.15) is 0 Å². The van der Waals surface area contributed by atoms with E-state index in [1.165, 1.54) is 5.56 Å². The maximum absolute atomic E-state index is 6.01. The Morgan fingerprint density at radius 1 is 1.32 bits per heavy atom. The topological polar surface area (TPSA) is 59.4 Å². The summed E-state index contributed by atoms with van der Waals surface area (Å²) in [6.45, 7) is 1.47. The van der Waals surface area contributed by atoms with Gasteiger partial charge in [0.2, 0.25) is 0 Å². The van der Waals surface area contributed by atoms with E-state index in [9.17, 15) is 0 Å². The quantitative estimate of drug-likeness (QED) is 0.899. The predicted octanol–water partition coefficient (Wildman–Crippen LogP) is 1.29. The molecule has 0 amide bonds. The molecule has 0 radical (unpaired) electrons. The van der Waals surface area contributed by atoms with Gasteiger partial charge in [-0.1, -0.05) is 30.3 Å². The first kappa shape index (κ1) is 11.8. The van der Waals surface area contributed by atoms with E-state index in [0.717, 1.165) is 12.1 Å². The number of rotatable bonds is 3. The molecule has 1 aliphatic heterocycles. The van der Waals surface area contributed by atoms with Gasteiger partial charge in [0.25, 0.3) is 0 Å². The Balaban J connectivity index is 1.83. The van der Waals surface area contributed by atoms with Crippen molar-refractivity contribution in [3.8, 4) is 0 Å². The SMILES string of the molecule is Cn1cc(C2CN=C(N)N2Cc2ccccc2)cn1. The van der Waals surface area contributed by atoms with Gasteiger partial charge >= 0.3 is 0 Å². The summed E-state index contributed by atoms with van der Waals surface area (Å²) >= 11 is 0. The normalized spacial score (nSPS) is 18.7. The summed E-state index contributed by atoms with van der Waals surface area (Å²) in [6.07, 6.45) is 3.91. The van der Waals surface area contributed by atoms with Crippen molar-refractivity contribution in [3.05, 3.63) is 53.9 Å². The van der Waals surface area contributed by atoms with Crippen molar-refractivity contribution in [3.63, 3.8) is 0 Å². The maximum Gasteiger partial charge on any atom is 0.192 e. The van der Waals surface area contributed by atoms with Crippen LogP contribution in [0.25, 0.3) is 0 Å². The van der Waals surface area contributed by atoms with Crippen molar-refractivity contribution in [1.82, 2.24) is 14.7 Å². The van der Waals surface area contributed by atoms with Crippen molar-refractivity contribution >= 4 is 5.96 Å². The van der Waals surface area contributed by atoms with E-state index in [1.807, 2.05) is 42.3 Å². The second-order valence-corrected chi connectivity index (χ2v) is 4.78. The Labute approximate surface area is 112 Å². The highest BCUT2D eigenvalue weighted by Gasteiger charge is 2.28. The van der Waals surface area contributed by atoms with Gasteiger partial charge in [-0.05, 0) is 5.56 Å². The minimum atomic E-state index is 0.189. The fourth-order valence-electron chi connectivity index (χ4n) is 2.40. The van der Waals surface area contributed by atoms with Gasteiger partial charge in [0, 0.05) is 25.4 Å². The lowest BCUT2D eigenvalue weighted by Crippen LogP contribution is -2.35. The van der Waals surface area contributed by atoms with E-state index >= 15 is 0 Å². The van der Waals surface area contributed by atoms with Crippen molar-refractivity contribution in [2.45, 2.75) is 12.6 Å². The summed E-state index contributed by atoms with van der Waals surface area (Å²) in [6, 6.07) is 10.5. The van der Waals surface area contributed by atoms with Crippen LogP contribution in [0.1, 0.15) is 17.2 Å². The average Bonchev–Trinajstić information content (AvgIpc) is 2.99. The Morgan fingerprint density at radius 3 is 2.79 bits per heavy atom. The molecule has 0 bridgehead atoms. The van der Waals surface area contributed by atoms with E-state index < -0.39 is 0 Å². The lowest BCUT2D eigenvalue weighted by atomic mass is 10.1. The fourth-order valence-corrected chi connectivity index (χ4v) is 2.40. The van der Waals surface area contributed by atoms with Crippen LogP contribution in [0.15, 0.2) is 47.7 Å². The average molecular weight is 255 g/mol. The maximum atomic E-state index is 6.01. The number of nitrogens with zero attached hydrogens (tertiary/aromatic N) is 4. The van der Waals surface area contributed by atoms with Crippen LogP contribution < -0.4 is 5.73 Å². The highest BCUT2D eigenvalue weighted by atomic mass is 15.3. The van der Waals surface area contributed by atoms with Gasteiger partial charge in [-0.2, -0.15) is 5.10 Å². The zero-order valence-corrected chi connectivity index (χ0v) is 10.9. The largest absolute Gasteiger partial charge is 0.370 e. The Morgan fingerprint density at radius 2 is 2.11 bits per heavy atom. The zero-order valence-electron chi connectivity index (χ0n) is 10.9. The number of nitrogens with two attached hydrogens (primary N) is 1. The first-order valence-corrected chi connectivity index (χ1v) is 6.33. The standard InChI is InChI=1S/C14H17N5/c1-18-10-12(7-17-18)13-8-16-14(15)19(13)9-11-5-3-2-4-6-11/h2-7,10,13H,8-9H2,1H3,(H2,15,16). The molecule has 1 aromatic carbocycles. The molecule has 98 valence electrons. The molecular formula is C14H17N5. The third-order valence-corrected chi connectivity index (χ3v) is 3.40. The van der Waals surface area contributed by atoms with Crippen LogP contribution in [0.3, 0.4) is 0 Å².